The standard InChI is InChI=1S/C20H20FN3O3S/c1-26-14-6-7-17-18(12-14)28-20(23-17)27-13-8-10-24(11-9-13)19(25)22-16-5-3-2-4-15(16)21/h2-7,12-13H,8-11H2,1H3,(H,22,25). The van der Waals surface area contributed by atoms with E-state index in [0.717, 1.165) is 16.0 Å². The molecule has 1 aliphatic heterocycles. The number of likely N-dealkylation sites (tertiary alicyclic amines) is 1. The number of rotatable bonds is 4. The number of para-hydroxylation sites is 1. The van der Waals surface area contributed by atoms with Crippen LogP contribution in [0.4, 0.5) is 14.9 Å². The van der Waals surface area contributed by atoms with Crippen molar-refractivity contribution in [2.24, 2.45) is 0 Å². The van der Waals surface area contributed by atoms with Crippen molar-refractivity contribution in [3.05, 3.63) is 48.3 Å². The zero-order chi connectivity index (χ0) is 19.5. The Hall–Kier alpha value is -2.87. The van der Waals surface area contributed by atoms with Crippen molar-refractivity contribution in [1.82, 2.24) is 9.88 Å². The van der Waals surface area contributed by atoms with Gasteiger partial charge in [-0.2, -0.15) is 0 Å². The Morgan fingerprint density at radius 3 is 2.79 bits per heavy atom. The van der Waals surface area contributed by atoms with E-state index in [1.165, 1.54) is 17.4 Å². The van der Waals surface area contributed by atoms with Gasteiger partial charge in [0.2, 0.25) is 0 Å². The Morgan fingerprint density at radius 2 is 2.04 bits per heavy atom. The molecule has 0 spiro atoms. The molecule has 1 aliphatic rings. The first kappa shape index (κ1) is 18.5. The fourth-order valence-electron chi connectivity index (χ4n) is 3.14. The molecule has 2 amide bonds. The van der Waals surface area contributed by atoms with Crippen LogP contribution < -0.4 is 14.8 Å². The zero-order valence-corrected chi connectivity index (χ0v) is 16.2. The number of halogens is 1. The lowest BCUT2D eigenvalue weighted by atomic mass is 10.1. The van der Waals surface area contributed by atoms with Gasteiger partial charge in [-0.1, -0.05) is 23.5 Å². The molecule has 1 aromatic heterocycles. The third-order valence-electron chi connectivity index (χ3n) is 4.69. The number of ether oxygens (including phenoxy) is 2. The first-order valence-corrected chi connectivity index (χ1v) is 9.86. The fourth-order valence-corrected chi connectivity index (χ4v) is 4.05. The molecule has 8 heteroatoms. The normalized spacial score (nSPS) is 14.9. The van der Waals surface area contributed by atoms with Gasteiger partial charge in [0.15, 0.2) is 0 Å². The highest BCUT2D eigenvalue weighted by Gasteiger charge is 2.25. The van der Waals surface area contributed by atoms with Crippen LogP contribution in [0.25, 0.3) is 10.2 Å². The Morgan fingerprint density at radius 1 is 1.25 bits per heavy atom. The van der Waals surface area contributed by atoms with E-state index in [1.807, 2.05) is 18.2 Å². The van der Waals surface area contributed by atoms with Crippen molar-refractivity contribution >= 4 is 33.3 Å². The van der Waals surface area contributed by atoms with E-state index in [1.54, 1.807) is 30.2 Å². The number of fused-ring (bicyclic) bond motifs is 1. The minimum absolute atomic E-state index is 0.0000285. The number of methoxy groups -OCH3 is 1. The average molecular weight is 401 g/mol. The maximum Gasteiger partial charge on any atom is 0.321 e. The Kier molecular flexibility index (Phi) is 5.29. The summed E-state index contributed by atoms with van der Waals surface area (Å²) in [6, 6.07) is 11.6. The number of anilines is 1. The van der Waals surface area contributed by atoms with Crippen LogP contribution in [-0.4, -0.2) is 42.2 Å². The number of aromatic nitrogens is 1. The molecular formula is C20H20FN3O3S. The molecule has 1 fully saturated rings. The number of carbonyl (C=O) groups excluding carboxylic acids is 1. The number of hydrogen-bond donors (Lipinski definition) is 1. The molecule has 2 aromatic carbocycles. The average Bonchev–Trinajstić information content (AvgIpc) is 3.11. The van der Waals surface area contributed by atoms with Crippen LogP contribution in [-0.2, 0) is 0 Å². The second-order valence-corrected chi connectivity index (χ2v) is 7.52. The second-order valence-electron chi connectivity index (χ2n) is 6.53. The molecule has 0 radical (unpaired) electrons. The van der Waals surface area contributed by atoms with E-state index in [2.05, 4.69) is 10.3 Å². The first-order valence-electron chi connectivity index (χ1n) is 9.04. The third-order valence-corrected chi connectivity index (χ3v) is 5.60. The summed E-state index contributed by atoms with van der Waals surface area (Å²) < 4.78 is 26.0. The predicted octanol–water partition coefficient (Wildman–Crippen LogP) is 4.52. The number of piperidine rings is 1. The van der Waals surface area contributed by atoms with Gasteiger partial charge in [0, 0.05) is 25.9 Å². The number of nitrogens with zero attached hydrogens (tertiary/aromatic N) is 2. The summed E-state index contributed by atoms with van der Waals surface area (Å²) in [5, 5.41) is 3.24. The van der Waals surface area contributed by atoms with E-state index < -0.39 is 5.82 Å². The van der Waals surface area contributed by atoms with E-state index in [9.17, 15) is 9.18 Å². The van der Waals surface area contributed by atoms with Crippen LogP contribution >= 0.6 is 11.3 Å². The van der Waals surface area contributed by atoms with E-state index >= 15 is 0 Å². The summed E-state index contributed by atoms with van der Waals surface area (Å²) in [7, 11) is 1.63. The van der Waals surface area contributed by atoms with Crippen molar-refractivity contribution in [1.29, 1.82) is 0 Å². The molecule has 146 valence electrons. The Balaban J connectivity index is 1.33. The lowest BCUT2D eigenvalue weighted by molar-refractivity contribution is 0.115. The highest BCUT2D eigenvalue weighted by Crippen LogP contribution is 2.32. The molecule has 0 aliphatic carbocycles. The number of carbonyl (C=O) groups is 1. The molecular weight excluding hydrogens is 381 g/mol. The molecule has 28 heavy (non-hydrogen) atoms. The molecule has 0 saturated carbocycles. The van der Waals surface area contributed by atoms with Gasteiger partial charge in [0.05, 0.1) is 23.0 Å². The summed E-state index contributed by atoms with van der Waals surface area (Å²) in [6.07, 6.45) is 1.40. The second kappa shape index (κ2) is 8.02. The summed E-state index contributed by atoms with van der Waals surface area (Å²) >= 11 is 1.48. The maximum atomic E-state index is 13.7. The quantitative estimate of drug-likeness (QED) is 0.698. The maximum absolute atomic E-state index is 13.7. The molecule has 0 bridgehead atoms. The van der Waals surface area contributed by atoms with Gasteiger partial charge in [0.1, 0.15) is 17.7 Å². The van der Waals surface area contributed by atoms with Gasteiger partial charge in [-0.25, -0.2) is 14.2 Å². The van der Waals surface area contributed by atoms with Crippen molar-refractivity contribution in [2.45, 2.75) is 18.9 Å². The zero-order valence-electron chi connectivity index (χ0n) is 15.4. The Bertz CT molecular complexity index is 986. The smallest absolute Gasteiger partial charge is 0.321 e. The van der Waals surface area contributed by atoms with Crippen LogP contribution in [0, 0.1) is 5.82 Å². The SMILES string of the molecule is COc1ccc2nc(OC3CCN(C(=O)Nc4ccccc4F)CC3)sc2c1. The number of benzene rings is 2. The molecule has 0 unspecified atom stereocenters. The van der Waals surface area contributed by atoms with Gasteiger partial charge in [0.25, 0.3) is 5.19 Å². The lowest BCUT2D eigenvalue weighted by Gasteiger charge is -2.31. The van der Waals surface area contributed by atoms with Crippen LogP contribution in [0.2, 0.25) is 0 Å². The van der Waals surface area contributed by atoms with E-state index in [-0.39, 0.29) is 17.8 Å². The first-order chi connectivity index (χ1) is 13.6. The Labute approximate surface area is 165 Å². The van der Waals surface area contributed by atoms with Gasteiger partial charge in [-0.3, -0.25) is 0 Å². The van der Waals surface area contributed by atoms with Crippen molar-refractivity contribution in [3.63, 3.8) is 0 Å². The van der Waals surface area contributed by atoms with Crippen LogP contribution in [0.3, 0.4) is 0 Å². The highest BCUT2D eigenvalue weighted by molar-refractivity contribution is 7.20. The van der Waals surface area contributed by atoms with Crippen LogP contribution in [0.1, 0.15) is 12.8 Å². The van der Waals surface area contributed by atoms with E-state index in [4.69, 9.17) is 9.47 Å². The van der Waals surface area contributed by atoms with Gasteiger partial charge >= 0.3 is 6.03 Å². The number of amides is 2. The van der Waals surface area contributed by atoms with Crippen molar-refractivity contribution in [3.8, 4) is 10.9 Å². The molecule has 0 atom stereocenters. The minimum Gasteiger partial charge on any atom is -0.497 e. The molecule has 6 nitrogen and oxygen atoms in total. The van der Waals surface area contributed by atoms with Crippen LogP contribution in [0.5, 0.6) is 10.9 Å². The van der Waals surface area contributed by atoms with Gasteiger partial charge in [-0.15, -0.1) is 0 Å². The summed E-state index contributed by atoms with van der Waals surface area (Å²) in [5.74, 6) is 0.346. The largest absolute Gasteiger partial charge is 0.497 e. The number of urea groups is 1. The molecule has 2 heterocycles. The molecule has 1 saturated heterocycles. The molecule has 4 rings (SSSR count). The summed E-state index contributed by atoms with van der Waals surface area (Å²) in [6.45, 7) is 1.09. The summed E-state index contributed by atoms with van der Waals surface area (Å²) in [4.78, 5) is 18.5. The van der Waals surface area contributed by atoms with Crippen molar-refractivity contribution < 1.29 is 18.7 Å². The van der Waals surface area contributed by atoms with Crippen LogP contribution in [0.15, 0.2) is 42.5 Å². The monoisotopic (exact) mass is 401 g/mol. The van der Waals surface area contributed by atoms with E-state index in [0.29, 0.717) is 31.1 Å². The van der Waals surface area contributed by atoms with Gasteiger partial charge < -0.3 is 19.7 Å². The fraction of sp³-hybridized carbons (Fsp3) is 0.300. The highest BCUT2D eigenvalue weighted by atomic mass is 32.1. The topological polar surface area (TPSA) is 63.7 Å². The van der Waals surface area contributed by atoms with Crippen molar-refractivity contribution in [2.75, 3.05) is 25.5 Å². The number of thiazole rings is 1. The number of hydrogen-bond acceptors (Lipinski definition) is 5. The third kappa shape index (κ3) is 4.01. The van der Waals surface area contributed by atoms with Gasteiger partial charge in [-0.05, 0) is 30.3 Å². The lowest BCUT2D eigenvalue weighted by Crippen LogP contribution is -2.43. The minimum atomic E-state index is -0.443. The number of nitrogens with one attached hydrogen (secondary N) is 1. The predicted molar refractivity (Wildman–Crippen MR) is 107 cm³/mol. The molecule has 3 aromatic rings. The molecule has 1 N–H and O–H groups in total. The summed E-state index contributed by atoms with van der Waals surface area (Å²) in [5.41, 5.74) is 1.07.